The van der Waals surface area contributed by atoms with Gasteiger partial charge in [-0.15, -0.1) is 0 Å². The molecule has 0 aliphatic carbocycles. The van der Waals surface area contributed by atoms with Crippen molar-refractivity contribution in [3.63, 3.8) is 0 Å². The number of hydrogen-bond acceptors (Lipinski definition) is 5. The van der Waals surface area contributed by atoms with Gasteiger partial charge in [0.2, 0.25) is 5.91 Å². The molecule has 0 spiro atoms. The quantitative estimate of drug-likeness (QED) is 0.787. The lowest BCUT2D eigenvalue weighted by molar-refractivity contribution is -0.130. The van der Waals surface area contributed by atoms with Gasteiger partial charge in [-0.25, -0.2) is 24.4 Å². The molecule has 9 heteroatoms. The molecule has 1 aromatic heterocycles. The zero-order valence-corrected chi connectivity index (χ0v) is 15.4. The van der Waals surface area contributed by atoms with Crippen LogP contribution in [0.3, 0.4) is 0 Å². The standard InChI is InChI=1S/C19H22N4O5/c24-17(2-1-7-23-18(25)20-21-19(23)26)22-8-5-13(6-9-22)14-3-4-15-16(12-14)28-11-10-27-15/h3-5,12H,1-2,6-11H2,(H,20,25)(H,21,26). The minimum atomic E-state index is -0.484. The predicted molar refractivity (Wildman–Crippen MR) is 102 cm³/mol. The number of rotatable bonds is 5. The molecule has 0 bridgehead atoms. The van der Waals surface area contributed by atoms with Crippen LogP contribution in [0.5, 0.6) is 11.5 Å². The van der Waals surface area contributed by atoms with Crippen LogP contribution in [-0.4, -0.2) is 51.9 Å². The highest BCUT2D eigenvalue weighted by Crippen LogP contribution is 2.34. The number of carbonyl (C=O) groups excluding carboxylic acids is 1. The summed E-state index contributed by atoms with van der Waals surface area (Å²) in [5, 5.41) is 4.46. The molecule has 2 N–H and O–H groups in total. The maximum atomic E-state index is 12.4. The van der Waals surface area contributed by atoms with E-state index in [4.69, 9.17) is 9.47 Å². The monoisotopic (exact) mass is 386 g/mol. The van der Waals surface area contributed by atoms with Gasteiger partial charge in [0.15, 0.2) is 11.5 Å². The molecule has 28 heavy (non-hydrogen) atoms. The Bertz CT molecular complexity index is 988. The Labute approximate surface area is 160 Å². The van der Waals surface area contributed by atoms with Crippen LogP contribution in [0.2, 0.25) is 0 Å². The fraction of sp³-hybridized carbons (Fsp3) is 0.421. The second-order valence-electron chi connectivity index (χ2n) is 6.79. The second kappa shape index (κ2) is 7.79. The van der Waals surface area contributed by atoms with Crippen molar-refractivity contribution >= 4 is 11.5 Å². The number of amides is 1. The average molecular weight is 386 g/mol. The fourth-order valence-corrected chi connectivity index (χ4v) is 3.48. The summed E-state index contributed by atoms with van der Waals surface area (Å²) in [6.07, 6.45) is 3.57. The Morgan fingerprint density at radius 2 is 1.82 bits per heavy atom. The first-order valence-electron chi connectivity index (χ1n) is 9.36. The molecule has 0 saturated heterocycles. The third kappa shape index (κ3) is 3.73. The molecule has 2 aromatic rings. The smallest absolute Gasteiger partial charge is 0.344 e. The summed E-state index contributed by atoms with van der Waals surface area (Å²) >= 11 is 0. The van der Waals surface area contributed by atoms with Gasteiger partial charge in [0.25, 0.3) is 0 Å². The van der Waals surface area contributed by atoms with E-state index in [-0.39, 0.29) is 12.5 Å². The van der Waals surface area contributed by atoms with Crippen LogP contribution < -0.4 is 20.9 Å². The maximum absolute atomic E-state index is 12.4. The zero-order valence-electron chi connectivity index (χ0n) is 15.4. The van der Waals surface area contributed by atoms with E-state index >= 15 is 0 Å². The lowest BCUT2D eigenvalue weighted by Crippen LogP contribution is -2.35. The highest BCUT2D eigenvalue weighted by molar-refractivity contribution is 5.78. The van der Waals surface area contributed by atoms with Gasteiger partial charge in [-0.1, -0.05) is 12.1 Å². The van der Waals surface area contributed by atoms with Gasteiger partial charge < -0.3 is 14.4 Å². The summed E-state index contributed by atoms with van der Waals surface area (Å²) < 4.78 is 12.2. The van der Waals surface area contributed by atoms with E-state index in [9.17, 15) is 14.4 Å². The molecule has 0 radical (unpaired) electrons. The number of H-pyrrole nitrogens is 2. The third-order valence-electron chi connectivity index (χ3n) is 5.01. The molecule has 0 fully saturated rings. The van der Waals surface area contributed by atoms with Crippen LogP contribution in [0.25, 0.3) is 5.57 Å². The second-order valence-corrected chi connectivity index (χ2v) is 6.79. The number of carbonyl (C=O) groups is 1. The minimum Gasteiger partial charge on any atom is -0.486 e. The van der Waals surface area contributed by atoms with Crippen LogP contribution in [0.4, 0.5) is 0 Å². The van der Waals surface area contributed by atoms with Gasteiger partial charge in [0.1, 0.15) is 13.2 Å². The van der Waals surface area contributed by atoms with Crippen molar-refractivity contribution in [2.75, 3.05) is 26.3 Å². The maximum Gasteiger partial charge on any atom is 0.344 e. The first kappa shape index (κ1) is 18.1. The molecule has 9 nitrogen and oxygen atoms in total. The molecule has 148 valence electrons. The molecular formula is C19H22N4O5. The van der Waals surface area contributed by atoms with Crippen molar-refractivity contribution in [1.82, 2.24) is 19.7 Å². The van der Waals surface area contributed by atoms with Crippen LogP contribution in [-0.2, 0) is 11.3 Å². The summed E-state index contributed by atoms with van der Waals surface area (Å²) in [6.45, 7) is 2.53. The summed E-state index contributed by atoms with van der Waals surface area (Å²) in [5.74, 6) is 1.55. The van der Waals surface area contributed by atoms with E-state index < -0.39 is 11.4 Å². The van der Waals surface area contributed by atoms with E-state index in [1.807, 2.05) is 18.2 Å². The van der Waals surface area contributed by atoms with Crippen LogP contribution >= 0.6 is 0 Å². The first-order valence-corrected chi connectivity index (χ1v) is 9.36. The number of aromatic amines is 2. The Kier molecular flexibility index (Phi) is 5.05. The van der Waals surface area contributed by atoms with E-state index in [0.717, 1.165) is 28.1 Å². The largest absolute Gasteiger partial charge is 0.486 e. The molecule has 0 unspecified atom stereocenters. The number of nitrogens with zero attached hydrogens (tertiary/aromatic N) is 2. The lowest BCUT2D eigenvalue weighted by Gasteiger charge is -2.27. The van der Waals surface area contributed by atoms with Gasteiger partial charge in [-0.2, -0.15) is 0 Å². The summed E-state index contributed by atoms with van der Waals surface area (Å²) in [4.78, 5) is 37.1. The van der Waals surface area contributed by atoms with Gasteiger partial charge in [-0.05, 0) is 36.1 Å². The number of hydrogen-bond donors (Lipinski definition) is 2. The number of ether oxygens (including phenoxy) is 2. The zero-order chi connectivity index (χ0) is 19.5. The highest BCUT2D eigenvalue weighted by atomic mass is 16.6. The normalized spacial score (nSPS) is 16.0. The van der Waals surface area contributed by atoms with Gasteiger partial charge in [0, 0.05) is 26.1 Å². The fourth-order valence-electron chi connectivity index (χ4n) is 3.48. The van der Waals surface area contributed by atoms with Gasteiger partial charge in [-0.3, -0.25) is 4.79 Å². The van der Waals surface area contributed by atoms with E-state index in [1.54, 1.807) is 4.90 Å². The Morgan fingerprint density at radius 3 is 2.54 bits per heavy atom. The van der Waals surface area contributed by atoms with E-state index in [1.165, 1.54) is 5.57 Å². The molecule has 1 amide bonds. The van der Waals surface area contributed by atoms with Crippen molar-refractivity contribution in [3.8, 4) is 11.5 Å². The van der Waals surface area contributed by atoms with E-state index in [2.05, 4.69) is 16.3 Å². The van der Waals surface area contributed by atoms with Crippen molar-refractivity contribution in [2.24, 2.45) is 0 Å². The van der Waals surface area contributed by atoms with Crippen molar-refractivity contribution in [1.29, 1.82) is 0 Å². The minimum absolute atomic E-state index is 0.0255. The van der Waals surface area contributed by atoms with Crippen LogP contribution in [0, 0.1) is 0 Å². The average Bonchev–Trinajstić information content (AvgIpc) is 3.05. The number of fused-ring (bicyclic) bond motifs is 1. The Hall–Kier alpha value is -3.23. The first-order chi connectivity index (χ1) is 13.6. The molecule has 2 aliphatic rings. The highest BCUT2D eigenvalue weighted by Gasteiger charge is 2.19. The summed E-state index contributed by atoms with van der Waals surface area (Å²) in [6, 6.07) is 5.93. The molecule has 1 aromatic carbocycles. The lowest BCUT2D eigenvalue weighted by atomic mass is 9.98. The molecule has 0 saturated carbocycles. The van der Waals surface area contributed by atoms with Crippen molar-refractivity contribution in [2.45, 2.75) is 25.8 Å². The van der Waals surface area contributed by atoms with E-state index in [0.29, 0.717) is 39.1 Å². The predicted octanol–water partition coefficient (Wildman–Crippen LogP) is 0.732. The molecular weight excluding hydrogens is 364 g/mol. The number of benzene rings is 1. The van der Waals surface area contributed by atoms with Crippen LogP contribution in [0.1, 0.15) is 24.8 Å². The number of aromatic nitrogens is 3. The van der Waals surface area contributed by atoms with Crippen molar-refractivity contribution < 1.29 is 14.3 Å². The number of nitrogens with one attached hydrogen (secondary N) is 2. The molecule has 0 atom stereocenters. The Balaban J connectivity index is 1.32. The molecule has 3 heterocycles. The topological polar surface area (TPSA) is 109 Å². The van der Waals surface area contributed by atoms with Crippen LogP contribution in [0.15, 0.2) is 33.9 Å². The van der Waals surface area contributed by atoms with Crippen molar-refractivity contribution in [3.05, 3.63) is 50.8 Å². The SMILES string of the molecule is O=C(CCCn1c(=O)[nH][nH]c1=O)N1CC=C(c2ccc3c(c2)OCCO3)CC1. The summed E-state index contributed by atoms with van der Waals surface area (Å²) in [7, 11) is 0. The summed E-state index contributed by atoms with van der Waals surface area (Å²) in [5.41, 5.74) is 1.30. The van der Waals surface area contributed by atoms with Gasteiger partial charge >= 0.3 is 11.4 Å². The molecule has 2 aliphatic heterocycles. The Morgan fingerprint density at radius 1 is 1.07 bits per heavy atom. The third-order valence-corrected chi connectivity index (χ3v) is 5.01. The molecule has 4 rings (SSSR count). The van der Waals surface area contributed by atoms with Gasteiger partial charge in [0.05, 0.1) is 0 Å².